The van der Waals surface area contributed by atoms with Gasteiger partial charge in [-0.3, -0.25) is 9.59 Å². The van der Waals surface area contributed by atoms with E-state index in [9.17, 15) is 9.59 Å². The van der Waals surface area contributed by atoms with Crippen LogP contribution in [0, 0.1) is 0 Å². The molecule has 0 saturated heterocycles. The number of nitrogens with zero attached hydrogens (tertiary/aromatic N) is 3. The van der Waals surface area contributed by atoms with Gasteiger partial charge in [-0.05, 0) is 24.6 Å². The molecule has 0 saturated carbocycles. The molecule has 0 amide bonds. The number of esters is 1. The molecule has 142 valence electrons. The molecule has 0 unspecified atom stereocenters. The maximum Gasteiger partial charge on any atom is 0.327 e. The van der Waals surface area contributed by atoms with Crippen molar-refractivity contribution in [3.05, 3.63) is 76.3 Å². The van der Waals surface area contributed by atoms with E-state index < -0.39 is 5.97 Å². The smallest absolute Gasteiger partial charge is 0.327 e. The lowest BCUT2D eigenvalue weighted by atomic mass is 10.0. The predicted octanol–water partition coefficient (Wildman–Crippen LogP) is 3.04. The highest BCUT2D eigenvalue weighted by molar-refractivity contribution is 5.87. The molecule has 0 spiro atoms. The molecule has 0 atom stereocenters. The second-order valence-corrected chi connectivity index (χ2v) is 6.72. The van der Waals surface area contributed by atoms with Crippen LogP contribution in [0.15, 0.2) is 59.5 Å². The fourth-order valence-electron chi connectivity index (χ4n) is 3.62. The minimum Gasteiger partial charge on any atom is -0.465 e. The lowest BCUT2D eigenvalue weighted by Crippen LogP contribution is -2.29. The third kappa shape index (κ3) is 3.17. The van der Waals surface area contributed by atoms with E-state index in [1.54, 1.807) is 13.0 Å². The van der Waals surface area contributed by atoms with Gasteiger partial charge >= 0.3 is 5.97 Å². The Kier molecular flexibility index (Phi) is 4.69. The molecule has 2 aromatic carbocycles. The van der Waals surface area contributed by atoms with E-state index >= 15 is 0 Å². The average Bonchev–Trinajstić information content (AvgIpc) is 3.01. The highest BCUT2D eigenvalue weighted by Gasteiger charge is 2.15. The average molecular weight is 375 g/mol. The van der Waals surface area contributed by atoms with E-state index in [1.165, 1.54) is 4.68 Å². The van der Waals surface area contributed by atoms with E-state index in [0.29, 0.717) is 11.8 Å². The van der Waals surface area contributed by atoms with E-state index in [0.717, 1.165) is 27.5 Å². The lowest BCUT2D eigenvalue weighted by Gasteiger charge is -2.10. The number of hydrogen-bond donors (Lipinski definition) is 0. The van der Waals surface area contributed by atoms with Gasteiger partial charge in [0.1, 0.15) is 6.54 Å². The van der Waals surface area contributed by atoms with Crippen LogP contribution in [-0.4, -0.2) is 26.9 Å². The molecular weight excluding hydrogens is 354 g/mol. The summed E-state index contributed by atoms with van der Waals surface area (Å²) in [6.07, 6.45) is 2.65. The quantitative estimate of drug-likeness (QED) is 0.503. The zero-order chi connectivity index (χ0) is 19.7. The molecule has 0 aliphatic rings. The minimum atomic E-state index is -0.469. The lowest BCUT2D eigenvalue weighted by molar-refractivity contribution is -0.144. The van der Waals surface area contributed by atoms with Crippen LogP contribution in [0.4, 0.5) is 0 Å². The number of ether oxygens (including phenoxy) is 1. The Labute approximate surface area is 162 Å². The zero-order valence-corrected chi connectivity index (χ0v) is 15.9. The Morgan fingerprint density at radius 3 is 2.46 bits per heavy atom. The number of para-hydroxylation sites is 1. The number of benzene rings is 2. The van der Waals surface area contributed by atoms with Gasteiger partial charge in [-0.2, -0.15) is 5.10 Å². The van der Waals surface area contributed by atoms with Crippen molar-refractivity contribution in [2.45, 2.75) is 19.9 Å². The maximum atomic E-state index is 12.8. The molecule has 2 aromatic heterocycles. The van der Waals surface area contributed by atoms with Gasteiger partial charge in [0.15, 0.2) is 0 Å². The fraction of sp³-hybridized carbons (Fsp3) is 0.227. The van der Waals surface area contributed by atoms with Crippen molar-refractivity contribution < 1.29 is 9.53 Å². The van der Waals surface area contributed by atoms with Gasteiger partial charge in [0, 0.05) is 36.0 Å². The standard InChI is InChI=1S/C22H21N3O3/c1-3-28-21(26)14-25-22(27)18-10-5-4-9-17(18)19(23-25)12-15-13-24(2)20-11-7-6-8-16(15)20/h4-11,13H,3,12,14H2,1-2H3. The second-order valence-electron chi connectivity index (χ2n) is 6.72. The molecule has 0 N–H and O–H groups in total. The van der Waals surface area contributed by atoms with Crippen LogP contribution in [0.25, 0.3) is 21.7 Å². The first kappa shape index (κ1) is 18.0. The summed E-state index contributed by atoms with van der Waals surface area (Å²) in [4.78, 5) is 24.7. The Bertz CT molecular complexity index is 1240. The molecule has 0 fully saturated rings. The molecular formula is C22H21N3O3. The number of carbonyl (C=O) groups is 1. The number of fused-ring (bicyclic) bond motifs is 2. The Hall–Kier alpha value is -3.41. The van der Waals surface area contributed by atoms with Gasteiger partial charge in [-0.25, -0.2) is 4.68 Å². The minimum absolute atomic E-state index is 0.194. The van der Waals surface area contributed by atoms with E-state index in [-0.39, 0.29) is 18.7 Å². The van der Waals surface area contributed by atoms with Crippen molar-refractivity contribution >= 4 is 27.6 Å². The van der Waals surface area contributed by atoms with Gasteiger partial charge < -0.3 is 9.30 Å². The topological polar surface area (TPSA) is 66.1 Å². The number of carbonyl (C=O) groups excluding carboxylic acids is 1. The highest BCUT2D eigenvalue weighted by atomic mass is 16.5. The van der Waals surface area contributed by atoms with Crippen LogP contribution in [0.3, 0.4) is 0 Å². The highest BCUT2D eigenvalue weighted by Crippen LogP contribution is 2.24. The number of rotatable bonds is 5. The van der Waals surface area contributed by atoms with Crippen molar-refractivity contribution in [1.29, 1.82) is 0 Å². The molecule has 28 heavy (non-hydrogen) atoms. The van der Waals surface area contributed by atoms with Crippen LogP contribution in [-0.2, 0) is 29.5 Å². The largest absolute Gasteiger partial charge is 0.465 e. The number of hydrogen-bond acceptors (Lipinski definition) is 4. The van der Waals surface area contributed by atoms with Crippen molar-refractivity contribution in [3.8, 4) is 0 Å². The van der Waals surface area contributed by atoms with E-state index in [1.807, 2.05) is 37.4 Å². The van der Waals surface area contributed by atoms with Crippen molar-refractivity contribution in [1.82, 2.24) is 14.3 Å². The first-order chi connectivity index (χ1) is 13.6. The first-order valence-electron chi connectivity index (χ1n) is 9.25. The fourth-order valence-corrected chi connectivity index (χ4v) is 3.62. The van der Waals surface area contributed by atoms with Gasteiger partial charge in [0.25, 0.3) is 5.56 Å². The molecule has 6 heteroatoms. The molecule has 0 radical (unpaired) electrons. The molecule has 4 rings (SSSR count). The van der Waals surface area contributed by atoms with Crippen LogP contribution in [0.2, 0.25) is 0 Å². The van der Waals surface area contributed by atoms with Crippen molar-refractivity contribution in [2.75, 3.05) is 6.61 Å². The van der Waals surface area contributed by atoms with Crippen LogP contribution in [0.5, 0.6) is 0 Å². The Morgan fingerprint density at radius 1 is 1.04 bits per heavy atom. The van der Waals surface area contributed by atoms with Gasteiger partial charge in [-0.1, -0.05) is 36.4 Å². The summed E-state index contributed by atoms with van der Waals surface area (Å²) >= 11 is 0. The normalized spacial score (nSPS) is 11.2. The van der Waals surface area contributed by atoms with Crippen molar-refractivity contribution in [3.63, 3.8) is 0 Å². The summed E-state index contributed by atoms with van der Waals surface area (Å²) in [6.45, 7) is 1.81. The molecule has 4 aromatic rings. The second kappa shape index (κ2) is 7.31. The Balaban J connectivity index is 1.84. The van der Waals surface area contributed by atoms with E-state index in [2.05, 4.69) is 28.0 Å². The monoisotopic (exact) mass is 375 g/mol. The van der Waals surface area contributed by atoms with Crippen molar-refractivity contribution in [2.24, 2.45) is 7.05 Å². The SMILES string of the molecule is CCOC(=O)Cn1nc(Cc2cn(C)c3ccccc23)c2ccccc2c1=O. The van der Waals surface area contributed by atoms with Gasteiger partial charge in [-0.15, -0.1) is 0 Å². The van der Waals surface area contributed by atoms with Crippen LogP contribution < -0.4 is 5.56 Å². The number of aryl methyl sites for hydroxylation is 1. The van der Waals surface area contributed by atoms with Crippen LogP contribution in [0.1, 0.15) is 18.2 Å². The van der Waals surface area contributed by atoms with Gasteiger partial charge in [0.2, 0.25) is 0 Å². The van der Waals surface area contributed by atoms with Crippen LogP contribution >= 0.6 is 0 Å². The summed E-state index contributed by atoms with van der Waals surface area (Å²) in [5, 5.41) is 7.04. The third-order valence-corrected chi connectivity index (χ3v) is 4.87. The van der Waals surface area contributed by atoms with Gasteiger partial charge in [0.05, 0.1) is 17.7 Å². The summed E-state index contributed by atoms with van der Waals surface area (Å²) in [7, 11) is 2.01. The molecule has 0 aliphatic heterocycles. The summed E-state index contributed by atoms with van der Waals surface area (Å²) in [6, 6.07) is 15.6. The molecule has 2 heterocycles. The van der Waals surface area contributed by atoms with E-state index in [4.69, 9.17) is 4.74 Å². The zero-order valence-electron chi connectivity index (χ0n) is 15.9. The summed E-state index contributed by atoms with van der Waals surface area (Å²) < 4.78 is 8.28. The maximum absolute atomic E-state index is 12.8. The molecule has 0 bridgehead atoms. The summed E-state index contributed by atoms with van der Waals surface area (Å²) in [5.74, 6) is -0.469. The predicted molar refractivity (Wildman–Crippen MR) is 108 cm³/mol. The summed E-state index contributed by atoms with van der Waals surface area (Å²) in [5.41, 5.74) is 2.74. The number of aromatic nitrogens is 3. The third-order valence-electron chi connectivity index (χ3n) is 4.87. The first-order valence-corrected chi connectivity index (χ1v) is 9.25. The molecule has 0 aliphatic carbocycles. The Morgan fingerprint density at radius 2 is 1.71 bits per heavy atom. The molecule has 6 nitrogen and oxygen atoms in total.